The molecule has 0 radical (unpaired) electrons. The molecule has 3 aromatic rings. The van der Waals surface area contributed by atoms with Gasteiger partial charge in [0, 0.05) is 31.0 Å². The number of aromatic amines is 1. The topological polar surface area (TPSA) is 63.1 Å². The van der Waals surface area contributed by atoms with Crippen molar-refractivity contribution >= 4 is 10.9 Å². The number of hydrogen-bond donors (Lipinski definition) is 1. The number of nitrogens with zero attached hydrogens (tertiary/aromatic N) is 3. The van der Waals surface area contributed by atoms with Crippen LogP contribution >= 0.6 is 0 Å². The van der Waals surface area contributed by atoms with Gasteiger partial charge in [-0.3, -0.25) is 9.69 Å². The van der Waals surface area contributed by atoms with Crippen molar-refractivity contribution in [1.82, 2.24) is 19.4 Å². The van der Waals surface area contributed by atoms with Crippen LogP contribution in [0.1, 0.15) is 19.8 Å². The van der Waals surface area contributed by atoms with E-state index in [4.69, 9.17) is 4.74 Å². The van der Waals surface area contributed by atoms with Gasteiger partial charge in [0.25, 0.3) is 5.56 Å². The fourth-order valence-corrected chi connectivity index (χ4v) is 3.92. The van der Waals surface area contributed by atoms with Gasteiger partial charge < -0.3 is 14.3 Å². The number of rotatable bonds is 5. The third-order valence-electron chi connectivity index (χ3n) is 5.32. The number of ether oxygens (including phenoxy) is 1. The summed E-state index contributed by atoms with van der Waals surface area (Å²) >= 11 is 0. The van der Waals surface area contributed by atoms with Gasteiger partial charge in [-0.05, 0) is 49.5 Å². The van der Waals surface area contributed by atoms with Crippen LogP contribution in [0.4, 0.5) is 0 Å². The Balaban J connectivity index is 1.71. The molecule has 1 atom stereocenters. The first-order valence-electron chi connectivity index (χ1n) is 9.16. The van der Waals surface area contributed by atoms with Crippen molar-refractivity contribution in [3.63, 3.8) is 0 Å². The van der Waals surface area contributed by atoms with Gasteiger partial charge in [-0.2, -0.15) is 0 Å². The zero-order chi connectivity index (χ0) is 18.1. The highest BCUT2D eigenvalue weighted by atomic mass is 16.5. The molecule has 0 spiro atoms. The Morgan fingerprint density at radius 2 is 2.23 bits per heavy atom. The van der Waals surface area contributed by atoms with Gasteiger partial charge in [-0.15, -0.1) is 0 Å². The highest BCUT2D eigenvalue weighted by Gasteiger charge is 2.24. The van der Waals surface area contributed by atoms with Crippen LogP contribution in [0.5, 0.6) is 5.75 Å². The van der Waals surface area contributed by atoms with E-state index in [-0.39, 0.29) is 5.56 Å². The van der Waals surface area contributed by atoms with E-state index in [1.54, 1.807) is 13.3 Å². The molecule has 26 heavy (non-hydrogen) atoms. The normalized spacial score (nSPS) is 17.8. The van der Waals surface area contributed by atoms with E-state index < -0.39 is 0 Å². The molecule has 0 aliphatic carbocycles. The third-order valence-corrected chi connectivity index (χ3v) is 5.32. The molecule has 1 aliphatic heterocycles. The maximum Gasteiger partial charge on any atom is 0.259 e. The van der Waals surface area contributed by atoms with Gasteiger partial charge in [-0.25, -0.2) is 4.98 Å². The number of imidazole rings is 1. The van der Waals surface area contributed by atoms with Gasteiger partial charge in [0.15, 0.2) is 0 Å². The van der Waals surface area contributed by atoms with Crippen molar-refractivity contribution in [3.05, 3.63) is 47.0 Å². The summed E-state index contributed by atoms with van der Waals surface area (Å²) in [4.78, 5) is 22.6. The maximum absolute atomic E-state index is 12.7. The Morgan fingerprint density at radius 1 is 1.35 bits per heavy atom. The number of likely N-dealkylation sites (tertiary alicyclic amines) is 1. The predicted octanol–water partition coefficient (Wildman–Crippen LogP) is 2.88. The van der Waals surface area contributed by atoms with Crippen molar-refractivity contribution in [2.45, 2.75) is 32.4 Å². The summed E-state index contributed by atoms with van der Waals surface area (Å²) < 4.78 is 7.35. The molecule has 6 nitrogen and oxygen atoms in total. The van der Waals surface area contributed by atoms with Crippen LogP contribution < -0.4 is 10.3 Å². The smallest absolute Gasteiger partial charge is 0.259 e. The van der Waals surface area contributed by atoms with Crippen molar-refractivity contribution in [1.29, 1.82) is 0 Å². The van der Waals surface area contributed by atoms with E-state index in [9.17, 15) is 4.79 Å². The Morgan fingerprint density at radius 3 is 3.04 bits per heavy atom. The van der Waals surface area contributed by atoms with Crippen LogP contribution in [0.25, 0.3) is 22.3 Å². The number of likely N-dealkylation sites (N-methyl/N-ethyl adjacent to an activating group) is 1. The number of benzene rings is 1. The van der Waals surface area contributed by atoms with E-state index in [2.05, 4.69) is 26.4 Å². The number of methoxy groups -OCH3 is 1. The van der Waals surface area contributed by atoms with Crippen LogP contribution in [0.3, 0.4) is 0 Å². The zero-order valence-electron chi connectivity index (χ0n) is 15.2. The van der Waals surface area contributed by atoms with Crippen molar-refractivity contribution in [2.24, 2.45) is 0 Å². The minimum Gasteiger partial charge on any atom is -0.497 e. The molecule has 1 saturated heterocycles. The lowest BCUT2D eigenvalue weighted by Gasteiger charge is -2.23. The minimum absolute atomic E-state index is 0.128. The lowest BCUT2D eigenvalue weighted by Crippen LogP contribution is -2.32. The molecule has 6 heteroatoms. The van der Waals surface area contributed by atoms with Crippen molar-refractivity contribution < 1.29 is 4.74 Å². The first-order chi connectivity index (χ1) is 12.7. The number of nitrogens with one attached hydrogen (secondary N) is 1. The van der Waals surface area contributed by atoms with Gasteiger partial charge in [-0.1, -0.05) is 6.92 Å². The number of H-pyrrole nitrogens is 1. The molecule has 1 aromatic carbocycles. The summed E-state index contributed by atoms with van der Waals surface area (Å²) in [6, 6.07) is 8.12. The molecule has 0 amide bonds. The lowest BCUT2D eigenvalue weighted by atomic mass is 10.1. The molecule has 4 rings (SSSR count). The van der Waals surface area contributed by atoms with E-state index >= 15 is 0 Å². The summed E-state index contributed by atoms with van der Waals surface area (Å²) in [5.41, 5.74) is 1.25. The summed E-state index contributed by atoms with van der Waals surface area (Å²) in [5.74, 6) is 1.45. The van der Waals surface area contributed by atoms with Gasteiger partial charge in [0.2, 0.25) is 0 Å². The Bertz CT molecular complexity index is 975. The molecular weight excluding hydrogens is 328 g/mol. The van der Waals surface area contributed by atoms with Crippen LogP contribution in [-0.4, -0.2) is 45.7 Å². The average molecular weight is 352 g/mol. The fourth-order valence-electron chi connectivity index (χ4n) is 3.92. The van der Waals surface area contributed by atoms with Crippen LogP contribution in [0.2, 0.25) is 0 Å². The number of hydrogen-bond acceptors (Lipinski definition) is 4. The zero-order valence-corrected chi connectivity index (χ0v) is 15.2. The van der Waals surface area contributed by atoms with E-state index in [1.165, 1.54) is 12.8 Å². The predicted molar refractivity (Wildman–Crippen MR) is 103 cm³/mol. The maximum atomic E-state index is 12.7. The van der Waals surface area contributed by atoms with Crippen LogP contribution in [0, 0.1) is 0 Å². The molecule has 0 saturated carbocycles. The Kier molecular flexibility index (Phi) is 4.51. The lowest BCUT2D eigenvalue weighted by molar-refractivity contribution is 0.245. The quantitative estimate of drug-likeness (QED) is 0.767. The molecular formula is C20H24N4O2. The molecule has 0 unspecified atom stereocenters. The molecule has 1 fully saturated rings. The van der Waals surface area contributed by atoms with Crippen molar-refractivity contribution in [2.75, 3.05) is 20.2 Å². The highest BCUT2D eigenvalue weighted by Crippen LogP contribution is 2.24. The summed E-state index contributed by atoms with van der Waals surface area (Å²) in [7, 11) is 1.62. The summed E-state index contributed by atoms with van der Waals surface area (Å²) in [6.07, 6.45) is 6.18. The first-order valence-corrected chi connectivity index (χ1v) is 9.16. The number of fused-ring (bicyclic) bond motifs is 1. The molecule has 0 bridgehead atoms. The Hall–Kier alpha value is -2.60. The second-order valence-electron chi connectivity index (χ2n) is 6.79. The number of aromatic nitrogens is 3. The first kappa shape index (κ1) is 16.8. The minimum atomic E-state index is -0.128. The summed E-state index contributed by atoms with van der Waals surface area (Å²) in [6.45, 7) is 5.29. The SMILES string of the molecule is CCN1CCC[C@H]1Cn1ccnc1-c1cc2ccc(OC)cc2[nH]c1=O. The fraction of sp³-hybridized carbons (Fsp3) is 0.400. The molecule has 1 N–H and O–H groups in total. The Labute approximate surface area is 152 Å². The molecule has 1 aliphatic rings. The monoisotopic (exact) mass is 352 g/mol. The van der Waals surface area contributed by atoms with Crippen molar-refractivity contribution in [3.8, 4) is 17.1 Å². The third kappa shape index (κ3) is 3.01. The molecule has 136 valence electrons. The average Bonchev–Trinajstić information content (AvgIpc) is 3.30. The van der Waals surface area contributed by atoms with Gasteiger partial charge >= 0.3 is 0 Å². The van der Waals surface area contributed by atoms with Crippen LogP contribution in [-0.2, 0) is 6.54 Å². The van der Waals surface area contributed by atoms with E-state index in [1.807, 2.05) is 30.5 Å². The van der Waals surface area contributed by atoms with E-state index in [0.29, 0.717) is 11.6 Å². The second kappa shape index (κ2) is 6.96. The van der Waals surface area contributed by atoms with Crippen LogP contribution in [0.15, 0.2) is 41.5 Å². The van der Waals surface area contributed by atoms with Gasteiger partial charge in [0.05, 0.1) is 18.2 Å². The largest absolute Gasteiger partial charge is 0.497 e. The molecule has 2 aromatic heterocycles. The summed E-state index contributed by atoms with van der Waals surface area (Å²) in [5, 5.41) is 0.964. The van der Waals surface area contributed by atoms with Gasteiger partial charge in [0.1, 0.15) is 11.6 Å². The number of pyridine rings is 1. The van der Waals surface area contributed by atoms with E-state index in [0.717, 1.165) is 42.1 Å². The molecule has 3 heterocycles. The second-order valence-corrected chi connectivity index (χ2v) is 6.79. The highest BCUT2D eigenvalue weighted by molar-refractivity contribution is 5.83. The standard InChI is InChI=1S/C20H24N4O2/c1-3-23-9-4-5-15(23)13-24-10-8-21-19(24)17-11-14-6-7-16(26-2)12-18(14)22-20(17)25/h6-8,10-12,15H,3-5,9,13H2,1-2H3,(H,22,25)/t15-/m0/s1.